The van der Waals surface area contributed by atoms with Crippen LogP contribution in [0.1, 0.15) is 33.1 Å². The van der Waals surface area contributed by atoms with Gasteiger partial charge < -0.3 is 0 Å². The predicted molar refractivity (Wildman–Crippen MR) is 59.0 cm³/mol. The second-order valence-electron chi connectivity index (χ2n) is 3.81. The van der Waals surface area contributed by atoms with Gasteiger partial charge >= 0.3 is 0 Å². The lowest BCUT2D eigenvalue weighted by molar-refractivity contribution is 0.699. The van der Waals surface area contributed by atoms with Gasteiger partial charge in [-0.1, -0.05) is 32.9 Å². The first-order valence-corrected chi connectivity index (χ1v) is 5.13. The van der Waals surface area contributed by atoms with Crippen LogP contribution < -0.4 is 0 Å². The summed E-state index contributed by atoms with van der Waals surface area (Å²) in [5, 5.41) is 0. The number of nitrogens with zero attached hydrogens (tertiary/aromatic N) is 1. The van der Waals surface area contributed by atoms with Gasteiger partial charge in [0.2, 0.25) is 0 Å². The number of aliphatic imine (C=N–C) groups is 1. The molecule has 1 aliphatic carbocycles. The summed E-state index contributed by atoms with van der Waals surface area (Å²) >= 11 is 0. The third kappa shape index (κ3) is 4.07. The summed E-state index contributed by atoms with van der Waals surface area (Å²) in [7, 11) is 0. The first kappa shape index (κ1) is 10.2. The first-order valence-electron chi connectivity index (χ1n) is 5.13. The summed E-state index contributed by atoms with van der Waals surface area (Å²) in [6, 6.07) is 0. The summed E-state index contributed by atoms with van der Waals surface area (Å²) in [5.41, 5.74) is 1.05. The van der Waals surface area contributed by atoms with Crippen LogP contribution in [-0.4, -0.2) is 6.21 Å². The molecule has 0 spiro atoms. The van der Waals surface area contributed by atoms with Crippen LogP contribution in [0.15, 0.2) is 29.4 Å². The van der Waals surface area contributed by atoms with Crippen molar-refractivity contribution in [3.05, 3.63) is 24.4 Å². The molecule has 0 radical (unpaired) electrons. The fourth-order valence-electron chi connectivity index (χ4n) is 1.04. The molecule has 0 heterocycles. The molecule has 1 fully saturated rings. The number of rotatable bonds is 5. The molecule has 0 aromatic carbocycles. The summed E-state index contributed by atoms with van der Waals surface area (Å²) < 4.78 is 0. The van der Waals surface area contributed by atoms with Gasteiger partial charge in [0.1, 0.15) is 0 Å². The SMILES string of the molecule is C=C(N=C/C=C\C(C)CC)C1CC1. The fourth-order valence-corrected chi connectivity index (χ4v) is 1.04. The Morgan fingerprint density at radius 2 is 2.31 bits per heavy atom. The summed E-state index contributed by atoms with van der Waals surface area (Å²) in [6.07, 6.45) is 9.84. The van der Waals surface area contributed by atoms with Crippen LogP contribution in [0.3, 0.4) is 0 Å². The van der Waals surface area contributed by atoms with Crippen LogP contribution in [0, 0.1) is 11.8 Å². The highest BCUT2D eigenvalue weighted by atomic mass is 14.7. The van der Waals surface area contributed by atoms with Crippen molar-refractivity contribution < 1.29 is 0 Å². The van der Waals surface area contributed by atoms with Crippen molar-refractivity contribution in [3.8, 4) is 0 Å². The van der Waals surface area contributed by atoms with Gasteiger partial charge in [-0.15, -0.1) is 0 Å². The lowest BCUT2D eigenvalue weighted by Gasteiger charge is -1.97. The first-order chi connectivity index (χ1) is 6.24. The number of hydrogen-bond donors (Lipinski definition) is 0. The molecule has 72 valence electrons. The summed E-state index contributed by atoms with van der Waals surface area (Å²) in [5.74, 6) is 1.34. The van der Waals surface area contributed by atoms with E-state index in [1.165, 1.54) is 19.3 Å². The smallest absolute Gasteiger partial charge is 0.0362 e. The van der Waals surface area contributed by atoms with E-state index in [1.807, 2.05) is 12.3 Å². The van der Waals surface area contributed by atoms with Gasteiger partial charge in [0.05, 0.1) is 0 Å². The average molecular weight is 177 g/mol. The maximum Gasteiger partial charge on any atom is 0.0362 e. The van der Waals surface area contributed by atoms with E-state index >= 15 is 0 Å². The minimum absolute atomic E-state index is 0.653. The van der Waals surface area contributed by atoms with Crippen LogP contribution in [0.5, 0.6) is 0 Å². The molecule has 1 atom stereocenters. The zero-order valence-electron chi connectivity index (χ0n) is 8.66. The van der Waals surface area contributed by atoms with Crippen molar-refractivity contribution in [2.75, 3.05) is 0 Å². The Hall–Kier alpha value is -0.850. The minimum Gasteiger partial charge on any atom is -0.262 e. The molecule has 1 heteroatoms. The zero-order valence-corrected chi connectivity index (χ0v) is 8.66. The molecule has 1 rings (SSSR count). The summed E-state index contributed by atoms with van der Waals surface area (Å²) in [4.78, 5) is 4.29. The van der Waals surface area contributed by atoms with E-state index in [1.54, 1.807) is 0 Å². The normalized spacial score (nSPS) is 19.8. The van der Waals surface area contributed by atoms with Crippen LogP contribution in [0.4, 0.5) is 0 Å². The maximum absolute atomic E-state index is 4.29. The minimum atomic E-state index is 0.653. The van der Waals surface area contributed by atoms with Crippen molar-refractivity contribution >= 4 is 6.21 Å². The second-order valence-corrected chi connectivity index (χ2v) is 3.81. The molecule has 1 saturated carbocycles. The third-order valence-corrected chi connectivity index (χ3v) is 2.46. The molecule has 0 saturated heterocycles. The Balaban J connectivity index is 2.23. The van der Waals surface area contributed by atoms with Crippen LogP contribution >= 0.6 is 0 Å². The molecule has 0 amide bonds. The van der Waals surface area contributed by atoms with Gasteiger partial charge in [-0.25, -0.2) is 0 Å². The lowest BCUT2D eigenvalue weighted by atomic mass is 10.1. The highest BCUT2D eigenvalue weighted by Gasteiger charge is 2.23. The van der Waals surface area contributed by atoms with Gasteiger partial charge in [-0.2, -0.15) is 0 Å². The van der Waals surface area contributed by atoms with E-state index in [4.69, 9.17) is 0 Å². The van der Waals surface area contributed by atoms with Gasteiger partial charge in [0.25, 0.3) is 0 Å². The van der Waals surface area contributed by atoms with E-state index in [0.717, 1.165) is 5.70 Å². The quantitative estimate of drug-likeness (QED) is 0.569. The Morgan fingerprint density at radius 3 is 2.85 bits per heavy atom. The van der Waals surface area contributed by atoms with E-state index in [2.05, 4.69) is 31.5 Å². The molecule has 1 unspecified atom stereocenters. The number of allylic oxidation sites excluding steroid dienone is 3. The molecule has 0 bridgehead atoms. The Morgan fingerprint density at radius 1 is 1.62 bits per heavy atom. The monoisotopic (exact) mass is 177 g/mol. The Bertz CT molecular complexity index is 221. The topological polar surface area (TPSA) is 12.4 Å². The molecule has 0 N–H and O–H groups in total. The zero-order chi connectivity index (χ0) is 9.68. The maximum atomic E-state index is 4.29. The standard InChI is InChI=1S/C12H19N/c1-4-10(2)6-5-9-13-11(3)12-7-8-12/h5-6,9-10,12H,3-4,7-8H2,1-2H3/b6-5-,13-9?. The van der Waals surface area contributed by atoms with Crippen molar-refractivity contribution in [2.45, 2.75) is 33.1 Å². The molecule has 1 aliphatic rings. The van der Waals surface area contributed by atoms with Crippen molar-refractivity contribution in [1.82, 2.24) is 0 Å². The third-order valence-electron chi connectivity index (χ3n) is 2.46. The molecule has 0 aromatic rings. The van der Waals surface area contributed by atoms with E-state index in [-0.39, 0.29) is 0 Å². The number of hydrogen-bond acceptors (Lipinski definition) is 1. The molecular weight excluding hydrogens is 158 g/mol. The van der Waals surface area contributed by atoms with Gasteiger partial charge in [-0.3, -0.25) is 4.99 Å². The van der Waals surface area contributed by atoms with Crippen LogP contribution in [0.2, 0.25) is 0 Å². The van der Waals surface area contributed by atoms with Crippen LogP contribution in [0.25, 0.3) is 0 Å². The Kier molecular flexibility index (Phi) is 3.94. The predicted octanol–water partition coefficient (Wildman–Crippen LogP) is 3.58. The van der Waals surface area contributed by atoms with Crippen molar-refractivity contribution in [2.24, 2.45) is 16.8 Å². The lowest BCUT2D eigenvalue weighted by Crippen LogP contribution is -1.84. The molecule has 13 heavy (non-hydrogen) atoms. The molecular formula is C12H19N. The highest BCUT2D eigenvalue weighted by molar-refractivity contribution is 5.72. The average Bonchev–Trinajstić information content (AvgIpc) is 2.94. The van der Waals surface area contributed by atoms with E-state index in [9.17, 15) is 0 Å². The van der Waals surface area contributed by atoms with E-state index < -0.39 is 0 Å². The van der Waals surface area contributed by atoms with E-state index in [0.29, 0.717) is 11.8 Å². The van der Waals surface area contributed by atoms with Gasteiger partial charge in [0, 0.05) is 17.8 Å². The van der Waals surface area contributed by atoms with Gasteiger partial charge in [-0.05, 0) is 24.8 Å². The highest BCUT2D eigenvalue weighted by Crippen LogP contribution is 2.35. The largest absolute Gasteiger partial charge is 0.262 e. The molecule has 1 nitrogen and oxygen atoms in total. The van der Waals surface area contributed by atoms with Crippen LogP contribution in [-0.2, 0) is 0 Å². The summed E-state index contributed by atoms with van der Waals surface area (Å²) in [6.45, 7) is 8.32. The van der Waals surface area contributed by atoms with Crippen molar-refractivity contribution in [3.63, 3.8) is 0 Å². The molecule has 0 aliphatic heterocycles. The van der Waals surface area contributed by atoms with Crippen molar-refractivity contribution in [1.29, 1.82) is 0 Å². The molecule has 0 aromatic heterocycles. The second kappa shape index (κ2) is 5.00. The fraction of sp³-hybridized carbons (Fsp3) is 0.583. The van der Waals surface area contributed by atoms with Gasteiger partial charge in [0.15, 0.2) is 0 Å². The Labute approximate surface area is 81.3 Å².